The third kappa shape index (κ3) is 7.25. The van der Waals surface area contributed by atoms with Crippen molar-refractivity contribution in [3.05, 3.63) is 63.7 Å². The summed E-state index contributed by atoms with van der Waals surface area (Å²) in [5, 5.41) is 15.5. The highest BCUT2D eigenvalue weighted by molar-refractivity contribution is 6.33. The van der Waals surface area contributed by atoms with Crippen LogP contribution in [0.15, 0.2) is 47.4 Å². The predicted molar refractivity (Wildman–Crippen MR) is 234 cm³/mol. The molecule has 7 heterocycles. The smallest absolute Gasteiger partial charge is 0.301 e. The molecule has 3 aromatic heterocycles. The number of piperazine rings is 1. The van der Waals surface area contributed by atoms with Gasteiger partial charge in [0.05, 0.1) is 46.3 Å². The van der Waals surface area contributed by atoms with Gasteiger partial charge in [-0.15, -0.1) is 0 Å². The molecule has 5 aromatic rings. The number of carbonyl (C=O) groups excluding carboxylic acids is 2. The molecule has 2 aromatic carbocycles. The number of pyridine rings is 1. The minimum atomic E-state index is -3.13. The van der Waals surface area contributed by atoms with Crippen molar-refractivity contribution in [1.82, 2.24) is 34.5 Å². The molecule has 3 unspecified atom stereocenters. The molecule has 3 N–H and O–H groups in total. The Balaban J connectivity index is 0.790. The van der Waals surface area contributed by atoms with E-state index in [-0.39, 0.29) is 29.2 Å². The minimum Gasteiger partial charge on any atom is -0.480 e. The van der Waals surface area contributed by atoms with Gasteiger partial charge in [-0.2, -0.15) is 10.1 Å². The molecule has 1 aliphatic carbocycles. The summed E-state index contributed by atoms with van der Waals surface area (Å²) < 4.78 is 39.2. The number of nitrogens with zero attached hydrogens (tertiary/aromatic N) is 8. The zero-order valence-electron chi connectivity index (χ0n) is 35.0. The fourth-order valence-electron chi connectivity index (χ4n) is 10.1. The number of rotatable bonds is 8. The van der Waals surface area contributed by atoms with Crippen molar-refractivity contribution in [1.29, 1.82) is 0 Å². The second-order valence-corrected chi connectivity index (χ2v) is 18.0. The van der Waals surface area contributed by atoms with Gasteiger partial charge in [-0.25, -0.2) is 13.8 Å². The van der Waals surface area contributed by atoms with Crippen molar-refractivity contribution in [2.45, 2.75) is 69.4 Å². The maximum absolute atomic E-state index is 15.2. The van der Waals surface area contributed by atoms with Crippen LogP contribution in [0.3, 0.4) is 0 Å². The van der Waals surface area contributed by atoms with Crippen LogP contribution in [0.25, 0.3) is 21.8 Å². The van der Waals surface area contributed by atoms with E-state index in [2.05, 4.69) is 48.6 Å². The molecule has 15 nitrogen and oxygen atoms in total. The maximum atomic E-state index is 15.2. The van der Waals surface area contributed by atoms with Gasteiger partial charge in [0.2, 0.25) is 23.5 Å². The van der Waals surface area contributed by atoms with Crippen LogP contribution in [-0.2, 0) is 23.7 Å². The second kappa shape index (κ2) is 15.7. The number of aryl methyl sites for hydroxylation is 2. The highest BCUT2D eigenvalue weighted by atomic mass is 35.5. The number of piperidine rings is 2. The van der Waals surface area contributed by atoms with E-state index in [4.69, 9.17) is 26.4 Å². The van der Waals surface area contributed by atoms with E-state index < -0.39 is 30.0 Å². The lowest BCUT2D eigenvalue weighted by molar-refractivity contribution is -0.134. The highest BCUT2D eigenvalue weighted by Crippen LogP contribution is 2.46. The molecule has 1 saturated carbocycles. The fourth-order valence-corrected chi connectivity index (χ4v) is 10.2. The third-order valence-electron chi connectivity index (χ3n) is 13.8. The fraction of sp³-hybridized carbons (Fsp3) is 0.500. The number of imide groups is 1. The van der Waals surface area contributed by atoms with Gasteiger partial charge in [0.25, 0.3) is 5.56 Å². The van der Waals surface area contributed by atoms with Gasteiger partial charge >= 0.3 is 5.92 Å². The number of para-hydroxylation sites is 1. The van der Waals surface area contributed by atoms with E-state index in [0.717, 1.165) is 74.4 Å². The first-order valence-electron chi connectivity index (χ1n) is 21.6. The maximum Gasteiger partial charge on any atom is 0.301 e. The lowest BCUT2D eigenvalue weighted by atomic mass is 9.88. The summed E-state index contributed by atoms with van der Waals surface area (Å²) in [6.07, 6.45) is 5.87. The summed E-state index contributed by atoms with van der Waals surface area (Å²) in [6.45, 7) is 6.53. The van der Waals surface area contributed by atoms with E-state index >= 15 is 8.78 Å². The first-order valence-corrected chi connectivity index (χ1v) is 22.0. The Morgan fingerprint density at radius 1 is 0.952 bits per heavy atom. The first-order chi connectivity index (χ1) is 29.8. The molecular formula is C44H50ClF2N11O4. The van der Waals surface area contributed by atoms with Crippen LogP contribution in [0, 0.1) is 11.8 Å². The van der Waals surface area contributed by atoms with Gasteiger partial charge < -0.3 is 29.7 Å². The Kier molecular flexibility index (Phi) is 10.2. The van der Waals surface area contributed by atoms with Gasteiger partial charge in [0.15, 0.2) is 12.4 Å². The van der Waals surface area contributed by atoms with E-state index in [9.17, 15) is 14.4 Å². The van der Waals surface area contributed by atoms with Crippen LogP contribution in [0.1, 0.15) is 57.1 Å². The van der Waals surface area contributed by atoms with E-state index in [1.54, 1.807) is 31.4 Å². The molecule has 2 amide bonds. The number of alkyl halides is 2. The van der Waals surface area contributed by atoms with Crippen LogP contribution in [0.4, 0.5) is 37.6 Å². The first kappa shape index (κ1) is 40.5. The van der Waals surface area contributed by atoms with Crippen molar-refractivity contribution >= 4 is 74.0 Å². The van der Waals surface area contributed by atoms with Crippen molar-refractivity contribution in [2.24, 2.45) is 25.9 Å². The zero-order valence-corrected chi connectivity index (χ0v) is 35.7. The van der Waals surface area contributed by atoms with E-state index in [1.165, 1.54) is 4.57 Å². The third-order valence-corrected chi connectivity index (χ3v) is 14.1. The standard InChI is InChI=1S/C44H50ClF2N11O4/c1-24(25-13-15-57(16-14-25)33-6-4-5-28-35(53-55(3)37(28)33)29-10-12-34(59)50-41(29)60)56-17-19-58(20-18-56)43-48-22-31(45)40(52-43)49-27-9-11-32-30(21-27)36-38(42(61)54(32)2)62-23-44(46,47)39(51-36)26-7-8-26/h4-6,9,11,21-22,24-26,29,39,51H,7-8,10,12-20,23H2,1-3H3,(H,48,49,52)(H,50,59,60). The lowest BCUT2D eigenvalue weighted by Crippen LogP contribution is -2.53. The number of benzene rings is 2. The Morgan fingerprint density at radius 3 is 2.47 bits per heavy atom. The summed E-state index contributed by atoms with van der Waals surface area (Å²) in [5.74, 6) is -2.87. The molecular weight excluding hydrogens is 820 g/mol. The lowest BCUT2D eigenvalue weighted by Gasteiger charge is -2.43. The minimum absolute atomic E-state index is 0.108. The number of aromatic nitrogens is 5. The number of hydrogen-bond donors (Lipinski definition) is 3. The van der Waals surface area contributed by atoms with Gasteiger partial charge in [0.1, 0.15) is 5.02 Å². The van der Waals surface area contributed by atoms with Crippen molar-refractivity contribution < 1.29 is 23.1 Å². The summed E-state index contributed by atoms with van der Waals surface area (Å²) >= 11 is 6.65. The number of nitrogens with one attached hydrogen (secondary N) is 3. The molecule has 4 aliphatic heterocycles. The summed E-state index contributed by atoms with van der Waals surface area (Å²) in [4.78, 5) is 54.4. The number of ether oxygens (including phenoxy) is 1. The van der Waals surface area contributed by atoms with Crippen LogP contribution in [0.2, 0.25) is 5.02 Å². The van der Waals surface area contributed by atoms with Crippen molar-refractivity contribution in [2.75, 3.05) is 66.3 Å². The summed E-state index contributed by atoms with van der Waals surface area (Å²) in [7, 11) is 3.53. The predicted octanol–water partition coefficient (Wildman–Crippen LogP) is 5.78. The van der Waals surface area contributed by atoms with E-state index in [1.807, 2.05) is 23.9 Å². The SMILES string of the molecule is CC(C1CCN(c2cccc3c(C4CCC(=O)NC4=O)nn(C)c23)CC1)N1CCN(c2ncc(Cl)c(Nc3ccc4c(c3)c3c(c(=O)n4C)OCC(F)(F)C(C4CC4)N3)n2)CC1. The number of amides is 2. The van der Waals surface area contributed by atoms with Crippen LogP contribution in [-0.4, -0.2) is 105 Å². The summed E-state index contributed by atoms with van der Waals surface area (Å²) in [6, 6.07) is 10.9. The molecule has 3 saturated heterocycles. The molecule has 62 heavy (non-hydrogen) atoms. The van der Waals surface area contributed by atoms with Gasteiger partial charge in [0, 0.05) is 82.3 Å². The van der Waals surface area contributed by atoms with Gasteiger partial charge in [-0.05, 0) is 75.1 Å². The highest BCUT2D eigenvalue weighted by Gasteiger charge is 2.51. The van der Waals surface area contributed by atoms with Crippen LogP contribution >= 0.6 is 11.6 Å². The Hall–Kier alpha value is -5.55. The molecule has 3 atom stereocenters. The van der Waals surface area contributed by atoms with Gasteiger partial charge in [-0.1, -0.05) is 23.7 Å². The number of hydrogen-bond acceptors (Lipinski definition) is 12. The Labute approximate surface area is 361 Å². The number of halogens is 3. The quantitative estimate of drug-likeness (QED) is 0.162. The van der Waals surface area contributed by atoms with E-state index in [0.29, 0.717) is 71.0 Å². The molecule has 5 aliphatic rings. The topological polar surface area (TPSA) is 155 Å². The molecule has 0 radical (unpaired) electrons. The largest absolute Gasteiger partial charge is 0.480 e. The normalized spacial score (nSPS) is 22.8. The zero-order chi connectivity index (χ0) is 43.0. The van der Waals surface area contributed by atoms with Crippen LogP contribution < -0.4 is 36.0 Å². The molecule has 4 fully saturated rings. The Morgan fingerprint density at radius 2 is 1.73 bits per heavy atom. The number of carbonyl (C=O) groups is 2. The Bertz CT molecular complexity index is 2650. The second-order valence-electron chi connectivity index (χ2n) is 17.6. The van der Waals surface area contributed by atoms with Crippen molar-refractivity contribution in [3.8, 4) is 5.75 Å². The molecule has 0 spiro atoms. The van der Waals surface area contributed by atoms with Gasteiger partial charge in [-0.3, -0.25) is 29.3 Å². The average molecular weight is 870 g/mol. The molecule has 326 valence electrons. The van der Waals surface area contributed by atoms with Crippen LogP contribution in [0.5, 0.6) is 5.75 Å². The molecule has 10 rings (SSSR count). The average Bonchev–Trinajstić information content (AvgIpc) is 4.07. The molecule has 18 heteroatoms. The number of anilines is 5. The van der Waals surface area contributed by atoms with Crippen molar-refractivity contribution in [3.63, 3.8) is 0 Å². The monoisotopic (exact) mass is 869 g/mol. The number of fused-ring (bicyclic) bond motifs is 4. The molecule has 0 bridgehead atoms. The summed E-state index contributed by atoms with van der Waals surface area (Å²) in [5.41, 5.74) is 3.86.